The monoisotopic (exact) mass is 359 g/mol. The van der Waals surface area contributed by atoms with Crippen molar-refractivity contribution < 1.29 is 9.21 Å². The van der Waals surface area contributed by atoms with Gasteiger partial charge in [-0.2, -0.15) is 0 Å². The van der Waals surface area contributed by atoms with Crippen LogP contribution in [0.3, 0.4) is 0 Å². The predicted molar refractivity (Wildman–Crippen MR) is 98.0 cm³/mol. The molecule has 0 aliphatic heterocycles. The molecule has 3 rings (SSSR count). The fourth-order valence-electron chi connectivity index (χ4n) is 2.39. The van der Waals surface area contributed by atoms with Gasteiger partial charge in [0.05, 0.1) is 0 Å². The van der Waals surface area contributed by atoms with Crippen molar-refractivity contribution in [1.82, 2.24) is 0 Å². The molecule has 0 aliphatic rings. The van der Waals surface area contributed by atoms with Crippen molar-refractivity contribution in [3.8, 4) is 11.3 Å². The highest BCUT2D eigenvalue weighted by Gasteiger charge is 2.15. The maximum absolute atomic E-state index is 12.4. The second-order valence-electron chi connectivity index (χ2n) is 5.49. The van der Waals surface area contributed by atoms with E-state index in [0.717, 1.165) is 16.7 Å². The smallest absolute Gasteiger partial charge is 0.291 e. The van der Waals surface area contributed by atoms with Crippen LogP contribution in [0.4, 0.5) is 5.69 Å². The standard InChI is InChI=1S/C19H15Cl2NO2/c1-11-6-7-13(20)10-16(11)22-19(23)18-9-8-17(24-18)14-4-3-5-15(21)12(14)2/h3-10H,1-2H3,(H,22,23). The molecular weight excluding hydrogens is 345 g/mol. The first-order valence-corrected chi connectivity index (χ1v) is 8.14. The van der Waals surface area contributed by atoms with E-state index in [1.807, 2.05) is 38.1 Å². The van der Waals surface area contributed by atoms with Gasteiger partial charge in [-0.15, -0.1) is 0 Å². The molecule has 0 saturated carbocycles. The molecule has 5 heteroatoms. The van der Waals surface area contributed by atoms with Crippen LogP contribution in [0.5, 0.6) is 0 Å². The minimum atomic E-state index is -0.328. The van der Waals surface area contributed by atoms with E-state index < -0.39 is 0 Å². The van der Waals surface area contributed by atoms with Gasteiger partial charge >= 0.3 is 0 Å². The summed E-state index contributed by atoms with van der Waals surface area (Å²) >= 11 is 12.1. The Balaban J connectivity index is 1.86. The number of halogens is 2. The summed E-state index contributed by atoms with van der Waals surface area (Å²) in [4.78, 5) is 12.4. The number of anilines is 1. The second-order valence-corrected chi connectivity index (χ2v) is 6.33. The number of carbonyl (C=O) groups excluding carboxylic acids is 1. The fraction of sp³-hybridized carbons (Fsp3) is 0.105. The molecule has 1 N–H and O–H groups in total. The minimum absolute atomic E-state index is 0.226. The Hall–Kier alpha value is -2.23. The lowest BCUT2D eigenvalue weighted by Crippen LogP contribution is -2.11. The van der Waals surface area contributed by atoms with E-state index in [2.05, 4.69) is 5.32 Å². The van der Waals surface area contributed by atoms with Gasteiger partial charge in [-0.1, -0.05) is 41.4 Å². The summed E-state index contributed by atoms with van der Waals surface area (Å²) in [6.07, 6.45) is 0. The zero-order valence-electron chi connectivity index (χ0n) is 13.2. The highest BCUT2D eigenvalue weighted by molar-refractivity contribution is 6.31. The summed E-state index contributed by atoms with van der Waals surface area (Å²) < 4.78 is 5.71. The van der Waals surface area contributed by atoms with Crippen LogP contribution >= 0.6 is 23.2 Å². The molecule has 1 aromatic heterocycles. The molecule has 0 saturated heterocycles. The average molecular weight is 360 g/mol. The molecule has 0 spiro atoms. The van der Waals surface area contributed by atoms with Crippen molar-refractivity contribution in [2.45, 2.75) is 13.8 Å². The fourth-order valence-corrected chi connectivity index (χ4v) is 2.74. The third kappa shape index (κ3) is 3.32. The Morgan fingerprint density at radius 1 is 1.04 bits per heavy atom. The molecule has 0 aliphatic carbocycles. The van der Waals surface area contributed by atoms with Crippen LogP contribution in [0.25, 0.3) is 11.3 Å². The van der Waals surface area contributed by atoms with Gasteiger partial charge in [-0.25, -0.2) is 0 Å². The highest BCUT2D eigenvalue weighted by Crippen LogP contribution is 2.30. The first-order valence-electron chi connectivity index (χ1n) is 7.38. The third-order valence-electron chi connectivity index (χ3n) is 3.81. The summed E-state index contributed by atoms with van der Waals surface area (Å²) in [5.41, 5.74) is 3.35. The molecule has 0 fully saturated rings. The van der Waals surface area contributed by atoms with E-state index in [9.17, 15) is 4.79 Å². The Bertz CT molecular complexity index is 915. The molecule has 1 amide bonds. The topological polar surface area (TPSA) is 42.2 Å². The molecule has 24 heavy (non-hydrogen) atoms. The summed E-state index contributed by atoms with van der Waals surface area (Å²) in [6.45, 7) is 3.81. The van der Waals surface area contributed by atoms with E-state index in [4.69, 9.17) is 27.6 Å². The number of aryl methyl sites for hydroxylation is 1. The molecule has 3 nitrogen and oxygen atoms in total. The summed E-state index contributed by atoms with van der Waals surface area (Å²) in [5.74, 6) is 0.498. The molecular formula is C19H15Cl2NO2. The highest BCUT2D eigenvalue weighted by atomic mass is 35.5. The number of hydrogen-bond donors (Lipinski definition) is 1. The van der Waals surface area contributed by atoms with E-state index in [0.29, 0.717) is 21.5 Å². The lowest BCUT2D eigenvalue weighted by molar-refractivity contribution is 0.0997. The van der Waals surface area contributed by atoms with Crippen LogP contribution in [0.1, 0.15) is 21.7 Å². The van der Waals surface area contributed by atoms with Crippen LogP contribution in [0.2, 0.25) is 10.0 Å². The summed E-state index contributed by atoms with van der Waals surface area (Å²) in [5, 5.41) is 4.03. The van der Waals surface area contributed by atoms with Crippen molar-refractivity contribution in [1.29, 1.82) is 0 Å². The molecule has 0 bridgehead atoms. The molecule has 0 unspecified atom stereocenters. The van der Waals surface area contributed by atoms with Crippen LogP contribution in [0, 0.1) is 13.8 Å². The Labute approximate surface area is 150 Å². The minimum Gasteiger partial charge on any atom is -0.451 e. The van der Waals surface area contributed by atoms with Crippen molar-refractivity contribution in [3.05, 3.63) is 75.5 Å². The molecule has 0 atom stereocenters. The number of amides is 1. The van der Waals surface area contributed by atoms with Crippen LogP contribution in [-0.4, -0.2) is 5.91 Å². The number of rotatable bonds is 3. The molecule has 122 valence electrons. The summed E-state index contributed by atoms with van der Waals surface area (Å²) in [6, 6.07) is 14.3. The van der Waals surface area contributed by atoms with Crippen molar-refractivity contribution in [3.63, 3.8) is 0 Å². The van der Waals surface area contributed by atoms with Crippen LogP contribution in [0.15, 0.2) is 52.9 Å². The van der Waals surface area contributed by atoms with Gasteiger partial charge in [0.15, 0.2) is 5.76 Å². The first-order chi connectivity index (χ1) is 11.5. The average Bonchev–Trinajstić information content (AvgIpc) is 3.03. The third-order valence-corrected chi connectivity index (χ3v) is 4.46. The van der Waals surface area contributed by atoms with E-state index in [1.165, 1.54) is 0 Å². The first kappa shape index (κ1) is 16.6. The lowest BCUT2D eigenvalue weighted by Gasteiger charge is -2.07. The maximum Gasteiger partial charge on any atom is 0.291 e. The van der Waals surface area contributed by atoms with Gasteiger partial charge in [-0.05, 0) is 55.3 Å². The SMILES string of the molecule is Cc1ccc(Cl)cc1NC(=O)c1ccc(-c2cccc(Cl)c2C)o1. The van der Waals surface area contributed by atoms with Crippen LogP contribution in [-0.2, 0) is 0 Å². The summed E-state index contributed by atoms with van der Waals surface area (Å²) in [7, 11) is 0. The van der Waals surface area contributed by atoms with Crippen LogP contribution < -0.4 is 5.32 Å². The van der Waals surface area contributed by atoms with E-state index in [-0.39, 0.29) is 11.7 Å². The number of benzene rings is 2. The number of furan rings is 1. The molecule has 3 aromatic rings. The number of carbonyl (C=O) groups is 1. The van der Waals surface area contributed by atoms with Gasteiger partial charge in [0, 0.05) is 21.3 Å². The molecule has 0 radical (unpaired) electrons. The maximum atomic E-state index is 12.4. The zero-order valence-corrected chi connectivity index (χ0v) is 14.7. The quantitative estimate of drug-likeness (QED) is 0.611. The van der Waals surface area contributed by atoms with Gasteiger partial charge in [0.2, 0.25) is 0 Å². The number of nitrogens with one attached hydrogen (secondary N) is 1. The van der Waals surface area contributed by atoms with E-state index >= 15 is 0 Å². The van der Waals surface area contributed by atoms with E-state index in [1.54, 1.807) is 24.3 Å². The molecule has 2 aromatic carbocycles. The van der Waals surface area contributed by atoms with Gasteiger partial charge in [-0.3, -0.25) is 4.79 Å². The Morgan fingerprint density at radius 3 is 2.62 bits per heavy atom. The van der Waals surface area contributed by atoms with Gasteiger partial charge in [0.25, 0.3) is 5.91 Å². The van der Waals surface area contributed by atoms with Crippen molar-refractivity contribution >= 4 is 34.8 Å². The largest absolute Gasteiger partial charge is 0.451 e. The predicted octanol–water partition coefficient (Wildman–Crippen LogP) is 6.12. The van der Waals surface area contributed by atoms with Gasteiger partial charge < -0.3 is 9.73 Å². The lowest BCUT2D eigenvalue weighted by atomic mass is 10.1. The molecule has 1 heterocycles. The number of hydrogen-bond acceptors (Lipinski definition) is 2. The second kappa shape index (κ2) is 6.71. The normalized spacial score (nSPS) is 10.7. The Morgan fingerprint density at radius 2 is 1.83 bits per heavy atom. The van der Waals surface area contributed by atoms with Crippen molar-refractivity contribution in [2.75, 3.05) is 5.32 Å². The van der Waals surface area contributed by atoms with Crippen molar-refractivity contribution in [2.24, 2.45) is 0 Å². The Kier molecular flexibility index (Phi) is 4.65. The van der Waals surface area contributed by atoms with Gasteiger partial charge in [0.1, 0.15) is 5.76 Å². The zero-order chi connectivity index (χ0) is 17.3.